The van der Waals surface area contributed by atoms with Gasteiger partial charge in [-0.1, -0.05) is 41.9 Å². The second-order valence-electron chi connectivity index (χ2n) is 7.41. The first-order valence-corrected chi connectivity index (χ1v) is 10.9. The smallest absolute Gasteiger partial charge is 0.303 e. The minimum Gasteiger partial charge on any atom is -0.488 e. The second-order valence-corrected chi connectivity index (χ2v) is 8.90. The van der Waals surface area contributed by atoms with E-state index in [0.717, 1.165) is 45.3 Å². The number of aliphatic carboxylic acids is 1. The monoisotopic (exact) mass is 427 g/mol. The maximum atomic E-state index is 11.2. The molecule has 1 aliphatic rings. The van der Waals surface area contributed by atoms with Crippen LogP contribution in [0, 0.1) is 12.8 Å². The number of carboxylic acid groups (broad SMARTS) is 1. The maximum Gasteiger partial charge on any atom is 0.303 e. The van der Waals surface area contributed by atoms with Crippen LogP contribution in [-0.4, -0.2) is 16.1 Å². The van der Waals surface area contributed by atoms with Crippen molar-refractivity contribution in [3.8, 4) is 16.3 Å². The molecule has 0 unspecified atom stereocenters. The van der Waals surface area contributed by atoms with Crippen LogP contribution in [0.5, 0.6) is 5.75 Å². The Bertz CT molecular complexity index is 1030. The van der Waals surface area contributed by atoms with Crippen molar-refractivity contribution in [2.24, 2.45) is 5.92 Å². The van der Waals surface area contributed by atoms with E-state index in [1.807, 2.05) is 55.5 Å². The highest BCUT2D eigenvalue weighted by Gasteiger charge is 2.33. The topological polar surface area (TPSA) is 59.4 Å². The molecule has 1 N–H and O–H groups in total. The van der Waals surface area contributed by atoms with Gasteiger partial charge in [0, 0.05) is 5.56 Å². The van der Waals surface area contributed by atoms with Gasteiger partial charge in [-0.15, -0.1) is 11.3 Å². The van der Waals surface area contributed by atoms with Crippen molar-refractivity contribution in [3.05, 3.63) is 69.7 Å². The van der Waals surface area contributed by atoms with Crippen LogP contribution < -0.4 is 4.74 Å². The molecule has 0 bridgehead atoms. The van der Waals surface area contributed by atoms with E-state index in [0.29, 0.717) is 17.5 Å². The summed E-state index contributed by atoms with van der Waals surface area (Å²) >= 11 is 7.88. The molecule has 1 fully saturated rings. The predicted octanol–water partition coefficient (Wildman–Crippen LogP) is 6.32. The number of aryl methyl sites for hydroxylation is 1. The van der Waals surface area contributed by atoms with Crippen LogP contribution in [0.2, 0.25) is 5.02 Å². The highest BCUT2D eigenvalue weighted by atomic mass is 35.5. The van der Waals surface area contributed by atoms with E-state index in [-0.39, 0.29) is 12.3 Å². The summed E-state index contributed by atoms with van der Waals surface area (Å²) in [5, 5.41) is 10.8. The third-order valence-electron chi connectivity index (χ3n) is 5.24. The SMILES string of the molecule is Cc1nc(-c2ccccc2Cl)sc1COc1cccc([C@@H](CC(=O)O)C2CC2)c1. The Kier molecular flexibility index (Phi) is 5.88. The Balaban J connectivity index is 1.48. The summed E-state index contributed by atoms with van der Waals surface area (Å²) in [7, 11) is 0. The van der Waals surface area contributed by atoms with Crippen molar-refractivity contribution in [2.45, 2.75) is 38.7 Å². The summed E-state index contributed by atoms with van der Waals surface area (Å²) in [6.07, 6.45) is 2.38. The number of rotatable bonds is 8. The molecule has 0 radical (unpaired) electrons. The molecule has 3 aromatic rings. The zero-order chi connectivity index (χ0) is 20.4. The number of hydrogen-bond donors (Lipinski definition) is 1. The Morgan fingerprint density at radius 2 is 2.07 bits per heavy atom. The largest absolute Gasteiger partial charge is 0.488 e. The van der Waals surface area contributed by atoms with Gasteiger partial charge in [0.15, 0.2) is 0 Å². The third-order valence-corrected chi connectivity index (χ3v) is 6.73. The van der Waals surface area contributed by atoms with E-state index >= 15 is 0 Å². The molecule has 6 heteroatoms. The zero-order valence-corrected chi connectivity index (χ0v) is 17.7. The number of nitrogens with zero attached hydrogens (tertiary/aromatic N) is 1. The Hall–Kier alpha value is -2.37. The van der Waals surface area contributed by atoms with Gasteiger partial charge in [-0.2, -0.15) is 0 Å². The first-order chi connectivity index (χ1) is 14.0. The number of hydrogen-bond acceptors (Lipinski definition) is 4. The molecule has 4 nitrogen and oxygen atoms in total. The van der Waals surface area contributed by atoms with Crippen LogP contribution in [0.25, 0.3) is 10.6 Å². The number of halogens is 1. The summed E-state index contributed by atoms with van der Waals surface area (Å²) in [5.74, 6) is 0.544. The van der Waals surface area contributed by atoms with E-state index in [1.54, 1.807) is 11.3 Å². The molecule has 0 spiro atoms. The van der Waals surface area contributed by atoms with Crippen molar-refractivity contribution >= 4 is 28.9 Å². The summed E-state index contributed by atoms with van der Waals surface area (Å²) in [5.41, 5.74) is 2.91. The fourth-order valence-electron chi connectivity index (χ4n) is 3.54. The van der Waals surface area contributed by atoms with Crippen molar-refractivity contribution in [3.63, 3.8) is 0 Å². The zero-order valence-electron chi connectivity index (χ0n) is 16.1. The summed E-state index contributed by atoms with van der Waals surface area (Å²) in [4.78, 5) is 16.9. The number of aromatic nitrogens is 1. The minimum absolute atomic E-state index is 0.0630. The maximum absolute atomic E-state index is 11.2. The van der Waals surface area contributed by atoms with Crippen molar-refractivity contribution in [2.75, 3.05) is 0 Å². The van der Waals surface area contributed by atoms with Gasteiger partial charge >= 0.3 is 5.97 Å². The lowest BCUT2D eigenvalue weighted by Gasteiger charge is -2.15. The minimum atomic E-state index is -0.749. The Morgan fingerprint density at radius 3 is 2.79 bits per heavy atom. The number of carboxylic acids is 1. The van der Waals surface area contributed by atoms with Crippen molar-refractivity contribution in [1.82, 2.24) is 4.98 Å². The van der Waals surface area contributed by atoms with Crippen molar-refractivity contribution < 1.29 is 14.6 Å². The number of ether oxygens (including phenoxy) is 1. The fourth-order valence-corrected chi connectivity index (χ4v) is 4.84. The van der Waals surface area contributed by atoms with Crippen LogP contribution >= 0.6 is 22.9 Å². The first kappa shape index (κ1) is 19.9. The molecule has 1 saturated carbocycles. The Labute approximate surface area is 179 Å². The molecule has 0 saturated heterocycles. The van der Waals surface area contributed by atoms with Gasteiger partial charge in [0.2, 0.25) is 0 Å². The van der Waals surface area contributed by atoms with Gasteiger partial charge in [-0.3, -0.25) is 4.79 Å². The second kappa shape index (κ2) is 8.56. The Morgan fingerprint density at radius 1 is 1.28 bits per heavy atom. The number of thiazole rings is 1. The molecule has 1 aromatic heterocycles. The fraction of sp³-hybridized carbons (Fsp3) is 0.304. The molecule has 29 heavy (non-hydrogen) atoms. The number of carbonyl (C=O) groups is 1. The lowest BCUT2D eigenvalue weighted by Crippen LogP contribution is -2.08. The molecule has 2 aromatic carbocycles. The molecule has 1 heterocycles. The summed E-state index contributed by atoms with van der Waals surface area (Å²) in [6.45, 7) is 2.40. The van der Waals surface area contributed by atoms with Gasteiger partial charge in [-0.25, -0.2) is 4.98 Å². The highest BCUT2D eigenvalue weighted by Crippen LogP contribution is 2.45. The van der Waals surface area contributed by atoms with Crippen LogP contribution in [0.3, 0.4) is 0 Å². The van der Waals surface area contributed by atoms with Gasteiger partial charge in [0.25, 0.3) is 0 Å². The van der Waals surface area contributed by atoms with Crippen molar-refractivity contribution in [1.29, 1.82) is 0 Å². The van der Waals surface area contributed by atoms with E-state index < -0.39 is 5.97 Å². The van der Waals surface area contributed by atoms with Gasteiger partial charge in [0.05, 0.1) is 22.0 Å². The van der Waals surface area contributed by atoms with Gasteiger partial charge in [0.1, 0.15) is 17.4 Å². The van der Waals surface area contributed by atoms with E-state index in [9.17, 15) is 9.90 Å². The molecular weight excluding hydrogens is 406 g/mol. The average molecular weight is 428 g/mol. The first-order valence-electron chi connectivity index (χ1n) is 9.67. The summed E-state index contributed by atoms with van der Waals surface area (Å²) < 4.78 is 6.04. The molecule has 0 aliphatic heterocycles. The van der Waals surface area contributed by atoms with Crippen LogP contribution in [0.4, 0.5) is 0 Å². The van der Waals surface area contributed by atoms with Crippen LogP contribution in [0.1, 0.15) is 41.3 Å². The average Bonchev–Trinajstić information content (AvgIpc) is 3.48. The standard InChI is InChI=1S/C23H22ClNO3S/c1-14-21(29-23(25-14)18-7-2-3-8-20(18)24)13-28-17-6-4-5-16(11-17)19(12-22(26)27)15-9-10-15/h2-8,11,15,19H,9-10,12-13H2,1H3,(H,26,27)/t19-/m0/s1. The van der Waals surface area contributed by atoms with Gasteiger partial charge in [-0.05, 0) is 55.4 Å². The lowest BCUT2D eigenvalue weighted by atomic mass is 9.91. The quantitative estimate of drug-likeness (QED) is 0.457. The summed E-state index contributed by atoms with van der Waals surface area (Å²) in [6, 6.07) is 15.5. The molecule has 0 amide bonds. The lowest BCUT2D eigenvalue weighted by molar-refractivity contribution is -0.137. The molecule has 1 aliphatic carbocycles. The molecular formula is C23H22ClNO3S. The highest BCUT2D eigenvalue weighted by molar-refractivity contribution is 7.15. The predicted molar refractivity (Wildman–Crippen MR) is 116 cm³/mol. The van der Waals surface area contributed by atoms with Gasteiger partial charge < -0.3 is 9.84 Å². The van der Waals surface area contributed by atoms with Crippen LogP contribution in [-0.2, 0) is 11.4 Å². The third kappa shape index (κ3) is 4.80. The van der Waals surface area contributed by atoms with Crippen LogP contribution in [0.15, 0.2) is 48.5 Å². The molecule has 150 valence electrons. The molecule has 1 atom stereocenters. The normalized spacial score (nSPS) is 14.6. The molecule has 4 rings (SSSR count). The number of benzene rings is 2. The van der Waals surface area contributed by atoms with E-state index in [4.69, 9.17) is 16.3 Å². The van der Waals surface area contributed by atoms with E-state index in [2.05, 4.69) is 4.98 Å². The van der Waals surface area contributed by atoms with E-state index in [1.165, 1.54) is 0 Å².